The number of sulfonamides is 1. The number of nitrogens with one attached hydrogen (secondary N) is 2. The van der Waals surface area contributed by atoms with Gasteiger partial charge in [0.15, 0.2) is 0 Å². The maximum Gasteiger partial charge on any atom is 0.267 e. The van der Waals surface area contributed by atoms with Crippen LogP contribution in [0.3, 0.4) is 0 Å². The summed E-state index contributed by atoms with van der Waals surface area (Å²) in [6, 6.07) is 14.3. The monoisotopic (exact) mass is 615 g/mol. The average molecular weight is 616 g/mol. The van der Waals surface area contributed by atoms with Gasteiger partial charge in [-0.05, 0) is 69.5 Å². The lowest BCUT2D eigenvalue weighted by Crippen LogP contribution is -2.57. The molecule has 0 bridgehead atoms. The first-order valence-electron chi connectivity index (χ1n) is 11.3. The molecule has 200 valence electrons. The van der Waals surface area contributed by atoms with Gasteiger partial charge in [0.25, 0.3) is 5.56 Å². The highest BCUT2D eigenvalue weighted by Gasteiger charge is 2.35. The van der Waals surface area contributed by atoms with E-state index in [4.69, 9.17) is 10.5 Å². The van der Waals surface area contributed by atoms with Crippen molar-refractivity contribution in [1.82, 2.24) is 19.6 Å². The van der Waals surface area contributed by atoms with Crippen molar-refractivity contribution in [3.63, 3.8) is 0 Å². The van der Waals surface area contributed by atoms with Crippen LogP contribution in [0.25, 0.3) is 22.2 Å². The lowest BCUT2D eigenvalue weighted by molar-refractivity contribution is 0.00381. The number of ether oxygens (including phenoxy) is 1. The van der Waals surface area contributed by atoms with E-state index in [1.807, 2.05) is 6.07 Å². The number of dihydropyridines is 1. The van der Waals surface area contributed by atoms with Crippen LogP contribution >= 0.6 is 15.9 Å². The number of rotatable bonds is 6. The van der Waals surface area contributed by atoms with Gasteiger partial charge in [-0.25, -0.2) is 26.7 Å². The number of para-hydroxylation sites is 1. The van der Waals surface area contributed by atoms with Crippen LogP contribution in [-0.2, 0) is 14.8 Å². The van der Waals surface area contributed by atoms with Gasteiger partial charge < -0.3 is 15.8 Å². The number of benzene rings is 3. The maximum absolute atomic E-state index is 14.2. The topological polar surface area (TPSA) is 128 Å². The van der Waals surface area contributed by atoms with E-state index in [-0.39, 0.29) is 11.5 Å². The number of aromatic nitrogens is 2. The van der Waals surface area contributed by atoms with E-state index in [0.29, 0.717) is 38.3 Å². The van der Waals surface area contributed by atoms with E-state index in [0.717, 1.165) is 12.1 Å². The van der Waals surface area contributed by atoms with E-state index < -0.39 is 32.4 Å². The first-order valence-corrected chi connectivity index (χ1v) is 13.6. The number of halogens is 3. The first-order chi connectivity index (χ1) is 18.5. The minimum Gasteiger partial charge on any atom is -0.369 e. The third-order valence-electron chi connectivity index (χ3n) is 6.05. The molecule has 0 amide bonds. The Morgan fingerprint density at radius 1 is 1.13 bits per heavy atom. The van der Waals surface area contributed by atoms with Gasteiger partial charge in [-0.3, -0.25) is 4.79 Å². The van der Waals surface area contributed by atoms with Crippen molar-refractivity contribution in [1.29, 1.82) is 0 Å². The summed E-state index contributed by atoms with van der Waals surface area (Å²) in [5.41, 5.74) is 7.87. The standard InChI is InChI=1S/C26H20BrF2N5O4S/c1-38-26(33-39(36,37)23-9-7-17(28)13-20(23)29)11-10-16(14-31-26)15-6-8-21-18(12-15)24(35)34(25(30)32-21)22-5-3-2-4-19(22)27/h2-14,31,33H,1H3,(H2,30,32). The van der Waals surface area contributed by atoms with Crippen LogP contribution in [0.4, 0.5) is 14.7 Å². The van der Waals surface area contributed by atoms with Crippen LogP contribution < -0.4 is 21.3 Å². The van der Waals surface area contributed by atoms with E-state index in [9.17, 15) is 22.0 Å². The Morgan fingerprint density at radius 2 is 1.90 bits per heavy atom. The molecule has 0 spiro atoms. The van der Waals surface area contributed by atoms with Gasteiger partial charge in [0.2, 0.25) is 21.8 Å². The van der Waals surface area contributed by atoms with Gasteiger partial charge >= 0.3 is 0 Å². The minimum absolute atomic E-state index is 0.0281. The molecule has 1 unspecified atom stereocenters. The molecule has 0 aliphatic carbocycles. The Kier molecular flexibility index (Phi) is 6.84. The van der Waals surface area contributed by atoms with E-state index >= 15 is 0 Å². The molecule has 2 heterocycles. The van der Waals surface area contributed by atoms with Crippen molar-refractivity contribution >= 4 is 48.4 Å². The SMILES string of the molecule is COC1(NS(=O)(=O)c2ccc(F)cc2F)C=CC(c2ccc3nc(N)n(-c4ccccc4Br)c(=O)c3c2)=CN1. The van der Waals surface area contributed by atoms with Gasteiger partial charge in [-0.15, -0.1) is 0 Å². The number of nitrogen functional groups attached to an aromatic ring is 1. The van der Waals surface area contributed by atoms with E-state index in [1.165, 1.54) is 24.0 Å². The molecule has 13 heteroatoms. The Hall–Kier alpha value is -3.91. The summed E-state index contributed by atoms with van der Waals surface area (Å²) in [6.07, 6.45) is 4.43. The molecule has 0 radical (unpaired) electrons. The predicted octanol–water partition coefficient (Wildman–Crippen LogP) is 3.79. The summed E-state index contributed by atoms with van der Waals surface area (Å²) < 4.78 is 62.6. The largest absolute Gasteiger partial charge is 0.369 e. The Balaban J connectivity index is 1.48. The van der Waals surface area contributed by atoms with Crippen molar-refractivity contribution in [2.75, 3.05) is 12.8 Å². The summed E-state index contributed by atoms with van der Waals surface area (Å²) in [4.78, 5) is 17.1. The molecule has 0 saturated heterocycles. The first kappa shape index (κ1) is 26.7. The summed E-state index contributed by atoms with van der Waals surface area (Å²) in [5.74, 6) is -3.89. The van der Waals surface area contributed by atoms with Crippen LogP contribution in [0.2, 0.25) is 0 Å². The van der Waals surface area contributed by atoms with Crippen LogP contribution in [0.1, 0.15) is 5.56 Å². The molecule has 0 fully saturated rings. The fraction of sp³-hybridized carbons (Fsp3) is 0.0769. The van der Waals surface area contributed by atoms with Crippen molar-refractivity contribution in [2.24, 2.45) is 0 Å². The number of nitrogens with two attached hydrogens (primary N) is 1. The molecule has 0 saturated carbocycles. The molecular formula is C26H20BrF2N5O4S. The fourth-order valence-corrected chi connectivity index (χ4v) is 5.84. The number of fused-ring (bicyclic) bond motifs is 1. The normalized spacial score (nSPS) is 17.2. The summed E-state index contributed by atoms with van der Waals surface area (Å²) in [6.45, 7) is 0. The quantitative estimate of drug-likeness (QED) is 0.282. The molecule has 4 N–H and O–H groups in total. The van der Waals surface area contributed by atoms with Crippen LogP contribution in [0, 0.1) is 11.6 Å². The van der Waals surface area contributed by atoms with Gasteiger partial charge in [0.05, 0.1) is 16.6 Å². The zero-order valence-electron chi connectivity index (χ0n) is 20.2. The third-order valence-corrected chi connectivity index (χ3v) is 8.20. The highest BCUT2D eigenvalue weighted by Crippen LogP contribution is 2.27. The van der Waals surface area contributed by atoms with Crippen LogP contribution in [-0.4, -0.2) is 30.9 Å². The van der Waals surface area contributed by atoms with Crippen LogP contribution in [0.15, 0.2) is 93.2 Å². The molecule has 5 rings (SSSR count). The number of hydrogen-bond donors (Lipinski definition) is 3. The molecule has 1 aliphatic rings. The Morgan fingerprint density at radius 3 is 2.56 bits per heavy atom. The second-order valence-corrected chi connectivity index (χ2v) is 11.0. The summed E-state index contributed by atoms with van der Waals surface area (Å²) >= 11 is 3.43. The molecule has 1 atom stereocenters. The van der Waals surface area contributed by atoms with Gasteiger partial charge in [0, 0.05) is 23.8 Å². The third kappa shape index (κ3) is 4.96. The average Bonchev–Trinajstić information content (AvgIpc) is 2.89. The Bertz CT molecular complexity index is 1860. The molecular weight excluding hydrogens is 596 g/mol. The van der Waals surface area contributed by atoms with E-state index in [2.05, 4.69) is 31.0 Å². The van der Waals surface area contributed by atoms with Crippen molar-refractivity contribution < 1.29 is 21.9 Å². The Labute approximate surface area is 229 Å². The number of nitrogens with zero attached hydrogens (tertiary/aromatic N) is 2. The molecule has 4 aromatic rings. The fourth-order valence-electron chi connectivity index (χ4n) is 4.10. The molecule has 39 heavy (non-hydrogen) atoms. The highest BCUT2D eigenvalue weighted by molar-refractivity contribution is 9.10. The number of allylic oxidation sites excluding steroid dienone is 2. The number of anilines is 1. The van der Waals surface area contributed by atoms with Crippen LogP contribution in [0.5, 0.6) is 0 Å². The molecule has 1 aliphatic heterocycles. The second kappa shape index (κ2) is 10.0. The van der Waals surface area contributed by atoms with Crippen molar-refractivity contribution in [2.45, 2.75) is 10.7 Å². The predicted molar refractivity (Wildman–Crippen MR) is 146 cm³/mol. The summed E-state index contributed by atoms with van der Waals surface area (Å²) in [7, 11) is -3.21. The number of hydrogen-bond acceptors (Lipinski definition) is 7. The molecule has 1 aromatic heterocycles. The summed E-state index contributed by atoms with van der Waals surface area (Å²) in [5, 5.41) is 3.13. The number of methoxy groups -OCH3 is 1. The maximum atomic E-state index is 14.2. The molecule has 3 aromatic carbocycles. The lowest BCUT2D eigenvalue weighted by Gasteiger charge is -2.33. The molecule has 9 nitrogen and oxygen atoms in total. The lowest BCUT2D eigenvalue weighted by atomic mass is 10.0. The van der Waals surface area contributed by atoms with Gasteiger partial charge in [0.1, 0.15) is 16.5 Å². The second-order valence-electron chi connectivity index (χ2n) is 8.49. The van der Waals surface area contributed by atoms with Crippen molar-refractivity contribution in [3.05, 3.63) is 111 Å². The smallest absolute Gasteiger partial charge is 0.267 e. The highest BCUT2D eigenvalue weighted by atomic mass is 79.9. The zero-order valence-corrected chi connectivity index (χ0v) is 22.6. The van der Waals surface area contributed by atoms with E-state index in [1.54, 1.807) is 42.5 Å². The van der Waals surface area contributed by atoms with Crippen molar-refractivity contribution in [3.8, 4) is 5.69 Å². The van der Waals surface area contributed by atoms with Gasteiger partial charge in [-0.1, -0.05) is 24.3 Å². The minimum atomic E-state index is -4.46. The van der Waals surface area contributed by atoms with Gasteiger partial charge in [-0.2, -0.15) is 4.72 Å². The zero-order chi connectivity index (χ0) is 27.9.